The molecule has 0 bridgehead atoms. The Balaban J connectivity index is 2.61. The average Bonchev–Trinajstić information content (AvgIpc) is 2.19. The molecule has 4 heteroatoms. The monoisotopic (exact) mass is 255 g/mol. The first-order chi connectivity index (χ1) is 7.97. The van der Waals surface area contributed by atoms with E-state index in [4.69, 9.17) is 11.6 Å². The van der Waals surface area contributed by atoms with Gasteiger partial charge in [-0.2, -0.15) is 0 Å². The first-order valence-electron chi connectivity index (χ1n) is 6.00. The number of anilines is 1. The van der Waals surface area contributed by atoms with Crippen molar-refractivity contribution >= 4 is 17.4 Å². The smallest absolute Gasteiger partial charge is 0.126 e. The van der Waals surface area contributed by atoms with Crippen LogP contribution in [0.5, 0.6) is 0 Å². The molecule has 0 aliphatic rings. The Morgan fingerprint density at radius 3 is 2.53 bits per heavy atom. The van der Waals surface area contributed by atoms with Gasteiger partial charge in [-0.15, -0.1) is 0 Å². The van der Waals surface area contributed by atoms with Gasteiger partial charge in [0, 0.05) is 18.8 Å². The van der Waals surface area contributed by atoms with Gasteiger partial charge in [0.05, 0.1) is 5.02 Å². The lowest BCUT2D eigenvalue weighted by Crippen LogP contribution is -2.33. The van der Waals surface area contributed by atoms with E-state index < -0.39 is 0 Å². The van der Waals surface area contributed by atoms with Crippen molar-refractivity contribution in [3.63, 3.8) is 0 Å². The molecule has 96 valence electrons. The first kappa shape index (κ1) is 14.3. The third kappa shape index (κ3) is 5.89. The summed E-state index contributed by atoms with van der Waals surface area (Å²) in [7, 11) is 4.18. The fourth-order valence-electron chi connectivity index (χ4n) is 1.86. The van der Waals surface area contributed by atoms with Gasteiger partial charge in [0.2, 0.25) is 0 Å². The Morgan fingerprint density at radius 2 is 2.06 bits per heavy atom. The number of nitrogens with one attached hydrogen (secondary N) is 1. The number of rotatable bonds is 6. The molecule has 0 aromatic carbocycles. The summed E-state index contributed by atoms with van der Waals surface area (Å²) in [5.74, 6) is 1.56. The SMILES string of the molecule is CC(C)CC(CN(C)C)Nc1ccc(Cl)cn1. The molecular weight excluding hydrogens is 234 g/mol. The Morgan fingerprint density at radius 1 is 1.35 bits per heavy atom. The van der Waals surface area contributed by atoms with E-state index in [2.05, 4.69) is 43.1 Å². The quantitative estimate of drug-likeness (QED) is 0.847. The van der Waals surface area contributed by atoms with Crippen molar-refractivity contribution in [1.82, 2.24) is 9.88 Å². The minimum Gasteiger partial charge on any atom is -0.366 e. The second-order valence-electron chi connectivity index (χ2n) is 5.09. The molecule has 0 saturated heterocycles. The summed E-state index contributed by atoms with van der Waals surface area (Å²) in [6.45, 7) is 5.47. The maximum Gasteiger partial charge on any atom is 0.126 e. The van der Waals surface area contributed by atoms with Crippen LogP contribution in [0.15, 0.2) is 18.3 Å². The van der Waals surface area contributed by atoms with Crippen molar-refractivity contribution in [3.8, 4) is 0 Å². The number of hydrogen-bond acceptors (Lipinski definition) is 3. The standard InChI is InChI=1S/C13H22ClN3/c1-10(2)7-12(9-17(3)4)16-13-6-5-11(14)8-15-13/h5-6,8,10,12H,7,9H2,1-4H3,(H,15,16). The van der Waals surface area contributed by atoms with Gasteiger partial charge < -0.3 is 10.2 Å². The molecule has 0 radical (unpaired) electrons. The highest BCUT2D eigenvalue weighted by Gasteiger charge is 2.12. The van der Waals surface area contributed by atoms with Gasteiger partial charge in [-0.1, -0.05) is 25.4 Å². The summed E-state index contributed by atoms with van der Waals surface area (Å²) in [4.78, 5) is 6.46. The predicted octanol–water partition coefficient (Wildman–Crippen LogP) is 3.12. The minimum atomic E-state index is 0.415. The van der Waals surface area contributed by atoms with Gasteiger partial charge in [0.1, 0.15) is 5.82 Å². The highest BCUT2D eigenvalue weighted by atomic mass is 35.5. The van der Waals surface area contributed by atoms with Crippen LogP contribution in [0.3, 0.4) is 0 Å². The summed E-state index contributed by atoms with van der Waals surface area (Å²) >= 11 is 5.82. The normalized spacial score (nSPS) is 13.1. The molecule has 1 aromatic heterocycles. The van der Waals surface area contributed by atoms with E-state index in [1.54, 1.807) is 6.20 Å². The van der Waals surface area contributed by atoms with Gasteiger partial charge in [-0.25, -0.2) is 4.98 Å². The van der Waals surface area contributed by atoms with Crippen LogP contribution in [0.1, 0.15) is 20.3 Å². The molecule has 0 amide bonds. The van der Waals surface area contributed by atoms with Crippen molar-refractivity contribution in [1.29, 1.82) is 0 Å². The fraction of sp³-hybridized carbons (Fsp3) is 0.615. The molecule has 1 N–H and O–H groups in total. The highest BCUT2D eigenvalue weighted by Crippen LogP contribution is 2.14. The van der Waals surface area contributed by atoms with Crippen molar-refractivity contribution < 1.29 is 0 Å². The average molecular weight is 256 g/mol. The molecule has 1 aromatic rings. The maximum atomic E-state index is 5.82. The molecule has 1 rings (SSSR count). The molecule has 17 heavy (non-hydrogen) atoms. The van der Waals surface area contributed by atoms with Gasteiger partial charge >= 0.3 is 0 Å². The van der Waals surface area contributed by atoms with Crippen molar-refractivity contribution in [2.24, 2.45) is 5.92 Å². The number of halogens is 1. The van der Waals surface area contributed by atoms with Crippen LogP contribution in [-0.2, 0) is 0 Å². The second-order valence-corrected chi connectivity index (χ2v) is 5.53. The fourth-order valence-corrected chi connectivity index (χ4v) is 1.97. The zero-order valence-electron chi connectivity index (χ0n) is 11.1. The zero-order valence-corrected chi connectivity index (χ0v) is 11.8. The van der Waals surface area contributed by atoms with Crippen molar-refractivity contribution in [2.45, 2.75) is 26.3 Å². The van der Waals surface area contributed by atoms with Crippen LogP contribution >= 0.6 is 11.6 Å². The second kappa shape index (κ2) is 6.82. The molecule has 1 atom stereocenters. The zero-order chi connectivity index (χ0) is 12.8. The van der Waals surface area contributed by atoms with E-state index in [0.717, 1.165) is 18.8 Å². The Bertz CT molecular complexity index is 312. The van der Waals surface area contributed by atoms with Gasteiger partial charge in [-0.05, 0) is 38.6 Å². The maximum absolute atomic E-state index is 5.82. The van der Waals surface area contributed by atoms with Crippen LogP contribution in [0.4, 0.5) is 5.82 Å². The highest BCUT2D eigenvalue weighted by molar-refractivity contribution is 6.30. The lowest BCUT2D eigenvalue weighted by atomic mass is 10.0. The Hall–Kier alpha value is -0.800. The number of likely N-dealkylation sites (N-methyl/N-ethyl adjacent to an activating group) is 1. The molecular formula is C13H22ClN3. The summed E-state index contributed by atoms with van der Waals surface area (Å²) in [5.41, 5.74) is 0. The topological polar surface area (TPSA) is 28.2 Å². The molecule has 0 aliphatic heterocycles. The lowest BCUT2D eigenvalue weighted by Gasteiger charge is -2.24. The van der Waals surface area contributed by atoms with E-state index in [1.807, 2.05) is 12.1 Å². The summed E-state index contributed by atoms with van der Waals surface area (Å²) in [6.07, 6.45) is 2.80. The van der Waals surface area contributed by atoms with Crippen LogP contribution in [-0.4, -0.2) is 36.6 Å². The summed E-state index contributed by atoms with van der Waals surface area (Å²) in [6, 6.07) is 4.20. The van der Waals surface area contributed by atoms with Gasteiger partial charge in [-0.3, -0.25) is 0 Å². The number of pyridine rings is 1. The summed E-state index contributed by atoms with van der Waals surface area (Å²) in [5, 5.41) is 4.13. The Kier molecular flexibility index (Phi) is 5.72. The first-order valence-corrected chi connectivity index (χ1v) is 6.38. The van der Waals surface area contributed by atoms with E-state index in [9.17, 15) is 0 Å². The van der Waals surface area contributed by atoms with Crippen molar-refractivity contribution in [2.75, 3.05) is 26.0 Å². The molecule has 1 heterocycles. The predicted molar refractivity (Wildman–Crippen MR) is 74.7 cm³/mol. The largest absolute Gasteiger partial charge is 0.366 e. The number of aromatic nitrogens is 1. The molecule has 0 aliphatic carbocycles. The van der Waals surface area contributed by atoms with E-state index in [0.29, 0.717) is 17.0 Å². The summed E-state index contributed by atoms with van der Waals surface area (Å²) < 4.78 is 0. The van der Waals surface area contributed by atoms with E-state index in [1.165, 1.54) is 0 Å². The van der Waals surface area contributed by atoms with E-state index in [-0.39, 0.29) is 0 Å². The molecule has 3 nitrogen and oxygen atoms in total. The molecule has 1 unspecified atom stereocenters. The van der Waals surface area contributed by atoms with Crippen LogP contribution in [0.25, 0.3) is 0 Å². The Labute approximate surface area is 109 Å². The molecule has 0 saturated carbocycles. The minimum absolute atomic E-state index is 0.415. The van der Waals surface area contributed by atoms with Crippen LogP contribution in [0.2, 0.25) is 5.02 Å². The molecule has 0 fully saturated rings. The lowest BCUT2D eigenvalue weighted by molar-refractivity contribution is 0.356. The van der Waals surface area contributed by atoms with Gasteiger partial charge in [0.15, 0.2) is 0 Å². The van der Waals surface area contributed by atoms with Crippen molar-refractivity contribution in [3.05, 3.63) is 23.4 Å². The molecule has 0 spiro atoms. The van der Waals surface area contributed by atoms with E-state index >= 15 is 0 Å². The third-order valence-corrected chi connectivity index (χ3v) is 2.64. The number of nitrogens with zero attached hydrogens (tertiary/aromatic N) is 2. The van der Waals surface area contributed by atoms with Gasteiger partial charge in [0.25, 0.3) is 0 Å². The van der Waals surface area contributed by atoms with Crippen LogP contribution < -0.4 is 5.32 Å². The third-order valence-electron chi connectivity index (χ3n) is 2.42. The van der Waals surface area contributed by atoms with Crippen LogP contribution in [0, 0.1) is 5.92 Å². The number of hydrogen-bond donors (Lipinski definition) is 1.